The van der Waals surface area contributed by atoms with Gasteiger partial charge in [0.25, 0.3) is 0 Å². The monoisotopic (exact) mass is 511 g/mol. The van der Waals surface area contributed by atoms with Crippen LogP contribution in [0.5, 0.6) is 0 Å². The van der Waals surface area contributed by atoms with E-state index in [0.29, 0.717) is 37.7 Å². The first-order valence-electron chi connectivity index (χ1n) is 11.5. The molecule has 0 bridgehead atoms. The first-order chi connectivity index (χ1) is 16.9. The fourth-order valence-corrected chi connectivity index (χ4v) is 6.09. The van der Waals surface area contributed by atoms with Crippen molar-refractivity contribution in [1.29, 1.82) is 0 Å². The predicted octanol–water partition coefficient (Wildman–Crippen LogP) is 3.46. The molecule has 0 radical (unpaired) electrons. The van der Waals surface area contributed by atoms with E-state index in [1.807, 2.05) is 41.3 Å². The minimum Gasteiger partial charge on any atom is -0.392 e. The van der Waals surface area contributed by atoms with Crippen LogP contribution in [0.1, 0.15) is 11.1 Å². The Bertz CT molecular complexity index is 1290. The zero-order valence-corrected chi connectivity index (χ0v) is 20.6. The summed E-state index contributed by atoms with van der Waals surface area (Å²) in [5.41, 5.74) is 5.04. The average Bonchev–Trinajstić information content (AvgIpc) is 3.19. The van der Waals surface area contributed by atoms with Gasteiger partial charge in [-0.25, -0.2) is 8.42 Å². The molecule has 0 amide bonds. The van der Waals surface area contributed by atoms with Crippen molar-refractivity contribution in [3.05, 3.63) is 88.9 Å². The van der Waals surface area contributed by atoms with Crippen LogP contribution in [0.25, 0.3) is 11.1 Å². The molecule has 1 saturated heterocycles. The number of rotatable bonds is 7. The number of aliphatic hydroxyl groups excluding tert-OH is 1. The Morgan fingerprint density at radius 3 is 1.97 bits per heavy atom. The van der Waals surface area contributed by atoms with Crippen molar-refractivity contribution in [2.24, 2.45) is 5.16 Å². The van der Waals surface area contributed by atoms with E-state index >= 15 is 0 Å². The maximum atomic E-state index is 12.9. The Morgan fingerprint density at radius 2 is 1.40 bits per heavy atom. The molecule has 0 saturated carbocycles. The second kappa shape index (κ2) is 10.1. The van der Waals surface area contributed by atoms with Crippen LogP contribution in [0.2, 0.25) is 5.02 Å². The molecule has 35 heavy (non-hydrogen) atoms. The number of halogens is 1. The third kappa shape index (κ3) is 4.98. The average molecular weight is 512 g/mol. The number of piperazine rings is 1. The van der Waals surface area contributed by atoms with Crippen molar-refractivity contribution in [3.63, 3.8) is 0 Å². The fourth-order valence-electron chi connectivity index (χ4n) is 4.54. The molecular weight excluding hydrogens is 486 g/mol. The van der Waals surface area contributed by atoms with Crippen molar-refractivity contribution in [2.45, 2.75) is 11.0 Å². The summed E-state index contributed by atoms with van der Waals surface area (Å²) in [5, 5.41) is 15.4. The summed E-state index contributed by atoms with van der Waals surface area (Å²) in [6.07, 6.45) is -0.745. The second-order valence-corrected chi connectivity index (χ2v) is 11.0. The first kappa shape index (κ1) is 24.0. The number of aliphatic hydroxyl groups is 1. The first-order valence-corrected chi connectivity index (χ1v) is 13.3. The number of oxime groups is 1. The van der Waals surface area contributed by atoms with E-state index in [-0.39, 0.29) is 11.5 Å². The molecule has 1 aliphatic carbocycles. The van der Waals surface area contributed by atoms with Crippen molar-refractivity contribution in [1.82, 2.24) is 9.21 Å². The molecule has 0 aromatic heterocycles. The quantitative estimate of drug-likeness (QED) is 0.384. The molecule has 1 atom stereocenters. The van der Waals surface area contributed by atoms with Crippen molar-refractivity contribution in [2.75, 3.05) is 39.3 Å². The maximum absolute atomic E-state index is 12.9. The summed E-state index contributed by atoms with van der Waals surface area (Å²) in [6, 6.07) is 22.3. The summed E-state index contributed by atoms with van der Waals surface area (Å²) in [4.78, 5) is 7.84. The number of nitrogens with zero attached hydrogens (tertiary/aromatic N) is 3. The van der Waals surface area contributed by atoms with Crippen molar-refractivity contribution >= 4 is 27.3 Å². The zero-order chi connectivity index (χ0) is 24.4. The maximum Gasteiger partial charge on any atom is 0.243 e. The van der Waals surface area contributed by atoms with Gasteiger partial charge in [0.2, 0.25) is 10.0 Å². The molecule has 5 rings (SSSR count). The normalized spacial score (nSPS) is 17.0. The van der Waals surface area contributed by atoms with Crippen LogP contribution in [0.4, 0.5) is 0 Å². The van der Waals surface area contributed by atoms with Gasteiger partial charge in [0.1, 0.15) is 18.4 Å². The minimum absolute atomic E-state index is 0.0527. The number of hydrogen-bond donors (Lipinski definition) is 1. The Labute approximate surface area is 210 Å². The molecule has 1 N–H and O–H groups in total. The van der Waals surface area contributed by atoms with Gasteiger partial charge in [0.05, 0.1) is 4.90 Å². The lowest BCUT2D eigenvalue weighted by Gasteiger charge is -2.34. The van der Waals surface area contributed by atoms with E-state index in [1.165, 1.54) is 16.4 Å². The standard InChI is InChI=1S/C26H26ClN3O4S/c27-19-9-11-21(12-10-19)35(32,33)30-15-13-29(14-16-30)17-20(31)18-34-28-26-24-7-3-1-5-22(24)23-6-2-4-8-25(23)26/h1-12,20,31H,13-18H2/t20-/m0/s1. The molecule has 0 unspecified atom stereocenters. The molecule has 182 valence electrons. The molecule has 1 heterocycles. The Kier molecular flexibility index (Phi) is 6.91. The van der Waals surface area contributed by atoms with Gasteiger partial charge in [-0.3, -0.25) is 4.90 Å². The van der Waals surface area contributed by atoms with Crippen LogP contribution >= 0.6 is 11.6 Å². The Hall–Kier alpha value is -2.75. The van der Waals surface area contributed by atoms with E-state index in [1.54, 1.807) is 12.1 Å². The van der Waals surface area contributed by atoms with Gasteiger partial charge in [0.15, 0.2) is 0 Å². The predicted molar refractivity (Wildman–Crippen MR) is 136 cm³/mol. The molecule has 1 aliphatic heterocycles. The van der Waals surface area contributed by atoms with Gasteiger partial charge in [-0.1, -0.05) is 65.3 Å². The number of fused-ring (bicyclic) bond motifs is 3. The SMILES string of the molecule is O=S(=O)(c1ccc(Cl)cc1)N1CCN(C[C@H](O)CON=C2c3ccccc3-c3ccccc32)CC1. The summed E-state index contributed by atoms with van der Waals surface area (Å²) in [7, 11) is -3.56. The highest BCUT2D eigenvalue weighted by atomic mass is 35.5. The topological polar surface area (TPSA) is 82.4 Å². The van der Waals surface area contributed by atoms with Gasteiger partial charge in [0, 0.05) is 48.9 Å². The summed E-state index contributed by atoms with van der Waals surface area (Å²) < 4.78 is 27.2. The van der Waals surface area contributed by atoms with Gasteiger partial charge >= 0.3 is 0 Å². The summed E-state index contributed by atoms with van der Waals surface area (Å²) in [6.45, 7) is 2.20. The number of hydrogen-bond acceptors (Lipinski definition) is 6. The third-order valence-corrected chi connectivity index (χ3v) is 8.49. The molecule has 1 fully saturated rings. The van der Waals surface area contributed by atoms with Crippen LogP contribution < -0.4 is 0 Å². The number of sulfonamides is 1. The Balaban J connectivity index is 1.15. The number of benzene rings is 3. The second-order valence-electron chi connectivity index (χ2n) is 8.64. The van der Waals surface area contributed by atoms with Crippen LogP contribution in [0.3, 0.4) is 0 Å². The largest absolute Gasteiger partial charge is 0.392 e. The molecule has 7 nitrogen and oxygen atoms in total. The van der Waals surface area contributed by atoms with Gasteiger partial charge in [-0.2, -0.15) is 4.31 Å². The van der Waals surface area contributed by atoms with Gasteiger partial charge < -0.3 is 9.94 Å². The lowest BCUT2D eigenvalue weighted by atomic mass is 10.1. The van der Waals surface area contributed by atoms with E-state index in [9.17, 15) is 13.5 Å². The van der Waals surface area contributed by atoms with Gasteiger partial charge in [-0.05, 0) is 35.4 Å². The Morgan fingerprint density at radius 1 is 0.857 bits per heavy atom. The van der Waals surface area contributed by atoms with Crippen molar-refractivity contribution in [3.8, 4) is 11.1 Å². The van der Waals surface area contributed by atoms with E-state index in [2.05, 4.69) is 17.3 Å². The van der Waals surface area contributed by atoms with E-state index in [4.69, 9.17) is 16.4 Å². The summed E-state index contributed by atoms with van der Waals surface area (Å²) in [5.74, 6) is 0. The number of β-amino-alcohol motifs (C(OH)–C–C–N with tert-alkyl or cyclic N) is 1. The lowest BCUT2D eigenvalue weighted by Crippen LogP contribution is -2.50. The third-order valence-electron chi connectivity index (χ3n) is 6.33. The van der Waals surface area contributed by atoms with Crippen LogP contribution in [-0.2, 0) is 14.9 Å². The molecule has 3 aromatic rings. The zero-order valence-electron chi connectivity index (χ0n) is 19.0. The lowest BCUT2D eigenvalue weighted by molar-refractivity contribution is 0.0139. The molecular formula is C26H26ClN3O4S. The highest BCUT2D eigenvalue weighted by Gasteiger charge is 2.29. The molecule has 9 heteroatoms. The molecule has 2 aliphatic rings. The van der Waals surface area contributed by atoms with Crippen molar-refractivity contribution < 1.29 is 18.4 Å². The highest BCUT2D eigenvalue weighted by molar-refractivity contribution is 7.89. The van der Waals surface area contributed by atoms with E-state index in [0.717, 1.165) is 28.0 Å². The summed E-state index contributed by atoms with van der Waals surface area (Å²) >= 11 is 5.88. The van der Waals surface area contributed by atoms with E-state index < -0.39 is 16.1 Å². The molecule has 0 spiro atoms. The highest BCUT2D eigenvalue weighted by Crippen LogP contribution is 2.36. The van der Waals surface area contributed by atoms with Crippen LogP contribution in [-0.4, -0.2) is 73.9 Å². The smallest absolute Gasteiger partial charge is 0.243 e. The van der Waals surface area contributed by atoms with Gasteiger partial charge in [-0.15, -0.1) is 0 Å². The fraction of sp³-hybridized carbons (Fsp3) is 0.269. The molecule has 3 aromatic carbocycles. The van der Waals surface area contributed by atoms with Crippen LogP contribution in [0, 0.1) is 0 Å². The van der Waals surface area contributed by atoms with Crippen LogP contribution in [0.15, 0.2) is 82.8 Å². The minimum atomic E-state index is -3.56.